The van der Waals surface area contributed by atoms with Crippen molar-refractivity contribution in [2.45, 2.75) is 25.9 Å². The summed E-state index contributed by atoms with van der Waals surface area (Å²) in [5, 5.41) is 2.87. The molecule has 0 heterocycles. The predicted octanol–water partition coefficient (Wildman–Crippen LogP) is 3.08. The normalized spacial score (nSPS) is 13.4. The van der Waals surface area contributed by atoms with E-state index >= 15 is 0 Å². The van der Waals surface area contributed by atoms with Crippen LogP contribution in [0.3, 0.4) is 0 Å². The Labute approximate surface area is 121 Å². The van der Waals surface area contributed by atoms with Crippen LogP contribution >= 0.6 is 35.6 Å². The molecule has 0 aliphatic rings. The molecule has 0 saturated carbocycles. The first-order valence-corrected chi connectivity index (χ1v) is 5.79. The Hall–Kier alpha value is -0.550. The second-order valence-corrected chi connectivity index (χ2v) is 4.62. The summed E-state index contributed by atoms with van der Waals surface area (Å²) in [6.07, 6.45) is 0. The second kappa shape index (κ2) is 7.14. The van der Waals surface area contributed by atoms with E-state index in [4.69, 9.17) is 28.9 Å². The van der Waals surface area contributed by atoms with Crippen LogP contribution in [-0.2, 0) is 4.79 Å². The van der Waals surface area contributed by atoms with Crippen LogP contribution < -0.4 is 11.1 Å². The van der Waals surface area contributed by atoms with Crippen molar-refractivity contribution in [2.75, 3.05) is 0 Å². The van der Waals surface area contributed by atoms with Gasteiger partial charge in [-0.05, 0) is 31.5 Å². The number of rotatable bonds is 3. The zero-order chi connectivity index (χ0) is 13.2. The van der Waals surface area contributed by atoms with Gasteiger partial charge >= 0.3 is 0 Å². The molecular weight excluding hydrogens is 301 g/mol. The van der Waals surface area contributed by atoms with Crippen molar-refractivity contribution in [2.24, 2.45) is 5.73 Å². The van der Waals surface area contributed by atoms with Crippen LogP contribution in [0, 0.1) is 5.82 Å². The Balaban J connectivity index is 0.00000289. The lowest BCUT2D eigenvalue weighted by Crippen LogP contribution is -2.39. The lowest BCUT2D eigenvalue weighted by atomic mass is 10.1. The molecule has 1 aromatic carbocycles. The zero-order valence-corrected chi connectivity index (χ0v) is 12.2. The van der Waals surface area contributed by atoms with Gasteiger partial charge in [0.15, 0.2) is 0 Å². The number of amides is 1. The van der Waals surface area contributed by atoms with E-state index in [0.717, 1.165) is 0 Å². The van der Waals surface area contributed by atoms with E-state index in [2.05, 4.69) is 5.32 Å². The maximum Gasteiger partial charge on any atom is 0.237 e. The largest absolute Gasteiger partial charge is 0.348 e. The van der Waals surface area contributed by atoms with Crippen molar-refractivity contribution < 1.29 is 9.18 Å². The molecule has 0 aromatic heterocycles. The first kappa shape index (κ1) is 17.4. The van der Waals surface area contributed by atoms with E-state index < -0.39 is 17.9 Å². The van der Waals surface area contributed by atoms with E-state index in [1.165, 1.54) is 12.1 Å². The van der Waals surface area contributed by atoms with Gasteiger partial charge in [0.25, 0.3) is 0 Å². The molecule has 3 N–H and O–H groups in total. The van der Waals surface area contributed by atoms with Crippen LogP contribution in [-0.4, -0.2) is 11.9 Å². The van der Waals surface area contributed by atoms with Crippen molar-refractivity contribution in [3.8, 4) is 0 Å². The van der Waals surface area contributed by atoms with E-state index in [-0.39, 0.29) is 23.3 Å². The molecule has 0 spiro atoms. The number of nitrogens with one attached hydrogen (secondary N) is 1. The maximum atomic E-state index is 13.3. The number of carbonyl (C=O) groups is 1. The minimum atomic E-state index is -0.631. The summed E-state index contributed by atoms with van der Waals surface area (Å²) >= 11 is 11.5. The van der Waals surface area contributed by atoms with Gasteiger partial charge in [-0.1, -0.05) is 23.2 Å². The fourth-order valence-electron chi connectivity index (χ4n) is 1.29. The molecule has 7 heteroatoms. The Morgan fingerprint density at radius 2 is 1.89 bits per heavy atom. The molecular formula is C11H14Cl3FN2O. The Morgan fingerprint density at radius 3 is 2.39 bits per heavy atom. The molecule has 2 atom stereocenters. The highest BCUT2D eigenvalue weighted by molar-refractivity contribution is 6.35. The van der Waals surface area contributed by atoms with Gasteiger partial charge in [-0.25, -0.2) is 4.39 Å². The molecule has 1 rings (SSSR count). The van der Waals surface area contributed by atoms with Crippen LogP contribution in [0.25, 0.3) is 0 Å². The van der Waals surface area contributed by atoms with Gasteiger partial charge in [0.05, 0.1) is 17.1 Å². The number of nitrogens with two attached hydrogens (primary N) is 1. The molecule has 18 heavy (non-hydrogen) atoms. The summed E-state index contributed by atoms with van der Waals surface area (Å²) in [7, 11) is 0. The van der Waals surface area contributed by atoms with Gasteiger partial charge in [-0.3, -0.25) is 4.79 Å². The van der Waals surface area contributed by atoms with Gasteiger partial charge in [0.2, 0.25) is 5.91 Å². The monoisotopic (exact) mass is 314 g/mol. The molecule has 1 aromatic rings. The second-order valence-electron chi connectivity index (χ2n) is 3.81. The summed E-state index contributed by atoms with van der Waals surface area (Å²) in [6, 6.07) is 1.44. The SMILES string of the molecule is CC(N)C(=O)NC(C)c1cc(F)c(Cl)cc1Cl.Cl. The topological polar surface area (TPSA) is 55.1 Å². The minimum absolute atomic E-state index is 0. The summed E-state index contributed by atoms with van der Waals surface area (Å²) in [5.74, 6) is -0.906. The highest BCUT2D eigenvalue weighted by Gasteiger charge is 2.16. The van der Waals surface area contributed by atoms with Gasteiger partial charge in [0, 0.05) is 5.02 Å². The van der Waals surface area contributed by atoms with Crippen LogP contribution in [0.1, 0.15) is 25.5 Å². The molecule has 0 aliphatic carbocycles. The van der Waals surface area contributed by atoms with Crippen LogP contribution in [0.2, 0.25) is 10.0 Å². The minimum Gasteiger partial charge on any atom is -0.348 e. The zero-order valence-electron chi connectivity index (χ0n) is 9.84. The molecule has 2 unspecified atom stereocenters. The fraction of sp³-hybridized carbons (Fsp3) is 0.364. The Bertz CT molecular complexity index is 441. The Morgan fingerprint density at radius 1 is 1.33 bits per heavy atom. The van der Waals surface area contributed by atoms with Gasteiger partial charge in [0.1, 0.15) is 5.82 Å². The average Bonchev–Trinajstić information content (AvgIpc) is 2.22. The van der Waals surface area contributed by atoms with E-state index in [9.17, 15) is 9.18 Å². The number of halogens is 4. The standard InChI is InChI=1S/C11H13Cl2FN2O.ClH/c1-5(15)11(17)16-6(2)7-3-10(14)9(13)4-8(7)12;/h3-6H,15H2,1-2H3,(H,16,17);1H. The summed E-state index contributed by atoms with van der Waals surface area (Å²) in [5.41, 5.74) is 5.87. The molecule has 0 bridgehead atoms. The lowest BCUT2D eigenvalue weighted by molar-refractivity contribution is -0.122. The quantitative estimate of drug-likeness (QED) is 0.842. The van der Waals surface area contributed by atoms with Gasteiger partial charge in [-0.2, -0.15) is 0 Å². The van der Waals surface area contributed by atoms with Crippen LogP contribution in [0.5, 0.6) is 0 Å². The fourth-order valence-corrected chi connectivity index (χ4v) is 1.84. The summed E-state index contributed by atoms with van der Waals surface area (Å²) < 4.78 is 13.3. The number of hydrogen-bond donors (Lipinski definition) is 2. The molecule has 3 nitrogen and oxygen atoms in total. The van der Waals surface area contributed by atoms with E-state index in [0.29, 0.717) is 10.6 Å². The maximum absolute atomic E-state index is 13.3. The van der Waals surface area contributed by atoms with Crippen molar-refractivity contribution >= 4 is 41.5 Å². The van der Waals surface area contributed by atoms with Crippen LogP contribution in [0.4, 0.5) is 4.39 Å². The number of hydrogen-bond acceptors (Lipinski definition) is 2. The van der Waals surface area contributed by atoms with Gasteiger partial charge in [-0.15, -0.1) is 12.4 Å². The third-order valence-electron chi connectivity index (χ3n) is 2.28. The smallest absolute Gasteiger partial charge is 0.237 e. The molecule has 0 saturated heterocycles. The van der Waals surface area contributed by atoms with E-state index in [1.807, 2.05) is 0 Å². The predicted molar refractivity (Wildman–Crippen MR) is 73.9 cm³/mol. The average molecular weight is 316 g/mol. The Kier molecular flexibility index (Phi) is 6.92. The van der Waals surface area contributed by atoms with Crippen molar-refractivity contribution in [3.05, 3.63) is 33.6 Å². The highest BCUT2D eigenvalue weighted by Crippen LogP contribution is 2.28. The van der Waals surface area contributed by atoms with Crippen molar-refractivity contribution in [1.82, 2.24) is 5.32 Å². The number of carbonyl (C=O) groups excluding carboxylic acids is 1. The first-order chi connectivity index (χ1) is 7.82. The third kappa shape index (κ3) is 4.28. The molecule has 0 radical (unpaired) electrons. The van der Waals surface area contributed by atoms with Crippen LogP contribution in [0.15, 0.2) is 12.1 Å². The van der Waals surface area contributed by atoms with E-state index in [1.54, 1.807) is 13.8 Å². The first-order valence-electron chi connectivity index (χ1n) is 5.03. The third-order valence-corrected chi connectivity index (χ3v) is 2.90. The molecule has 0 aliphatic heterocycles. The summed E-state index contributed by atoms with van der Waals surface area (Å²) in [6.45, 7) is 3.25. The molecule has 1 amide bonds. The number of benzene rings is 1. The molecule has 0 fully saturated rings. The highest BCUT2D eigenvalue weighted by atomic mass is 35.5. The van der Waals surface area contributed by atoms with Crippen molar-refractivity contribution in [1.29, 1.82) is 0 Å². The summed E-state index contributed by atoms with van der Waals surface area (Å²) in [4.78, 5) is 11.4. The molecule has 102 valence electrons. The lowest BCUT2D eigenvalue weighted by Gasteiger charge is -2.17. The van der Waals surface area contributed by atoms with Crippen molar-refractivity contribution in [3.63, 3.8) is 0 Å². The van der Waals surface area contributed by atoms with Gasteiger partial charge < -0.3 is 11.1 Å².